The number of H-pyrrole nitrogens is 1. The molecule has 3 aromatic rings. The number of methoxy groups -OCH3 is 1. The molecule has 0 spiro atoms. The molecule has 0 aliphatic carbocycles. The maximum atomic E-state index is 12.2. The van der Waals surface area contributed by atoms with Crippen molar-refractivity contribution in [2.24, 2.45) is 0 Å². The predicted octanol–water partition coefficient (Wildman–Crippen LogP) is 3.25. The van der Waals surface area contributed by atoms with E-state index in [2.05, 4.69) is 15.4 Å². The number of hydrogen-bond donors (Lipinski definition) is 2. The summed E-state index contributed by atoms with van der Waals surface area (Å²) in [6, 6.07) is 7.40. The van der Waals surface area contributed by atoms with Crippen LogP contribution >= 0.6 is 11.6 Å². The van der Waals surface area contributed by atoms with Gasteiger partial charge in [0.1, 0.15) is 5.82 Å². The van der Waals surface area contributed by atoms with Gasteiger partial charge in [-0.2, -0.15) is 4.98 Å². The molecule has 0 aliphatic rings. The fourth-order valence-electron chi connectivity index (χ4n) is 2.73. The van der Waals surface area contributed by atoms with Crippen LogP contribution in [0.15, 0.2) is 30.5 Å². The Labute approximate surface area is 155 Å². The zero-order valence-electron chi connectivity index (χ0n) is 14.9. The fourth-order valence-corrected chi connectivity index (χ4v) is 2.99. The molecule has 2 heterocycles. The van der Waals surface area contributed by atoms with Gasteiger partial charge in [0.15, 0.2) is 0 Å². The first-order chi connectivity index (χ1) is 12.5. The van der Waals surface area contributed by atoms with E-state index < -0.39 is 0 Å². The minimum Gasteiger partial charge on any atom is -0.480 e. The quantitative estimate of drug-likeness (QED) is 0.670. The lowest BCUT2D eigenvalue weighted by atomic mass is 10.0. The third kappa shape index (κ3) is 3.18. The molecule has 3 rings (SSSR count). The molecule has 7 nitrogen and oxygen atoms in total. The first kappa shape index (κ1) is 18.0. The van der Waals surface area contributed by atoms with Crippen LogP contribution in [0.2, 0.25) is 5.02 Å². The van der Waals surface area contributed by atoms with Crippen molar-refractivity contribution in [3.8, 4) is 17.0 Å². The standard InChI is InChI=1S/C18H19ClN4O3/c1-23(2)16-6-5-10(18(21-16)25-3)11-7-12-13(17(24)22-26-4)9-20-15(12)8-14(11)19/h5-9,20H,1-4H3,(H,22,24). The van der Waals surface area contributed by atoms with Crippen LogP contribution < -0.4 is 15.1 Å². The number of hydrogen-bond acceptors (Lipinski definition) is 5. The van der Waals surface area contributed by atoms with Gasteiger partial charge >= 0.3 is 0 Å². The van der Waals surface area contributed by atoms with Crippen LogP contribution in [0.4, 0.5) is 5.82 Å². The Balaban J connectivity index is 2.17. The van der Waals surface area contributed by atoms with Gasteiger partial charge in [-0.3, -0.25) is 9.63 Å². The first-order valence-corrected chi connectivity index (χ1v) is 8.20. The summed E-state index contributed by atoms with van der Waals surface area (Å²) >= 11 is 6.48. The van der Waals surface area contributed by atoms with Crippen LogP contribution in [-0.2, 0) is 4.84 Å². The molecule has 2 aromatic heterocycles. The number of carbonyl (C=O) groups excluding carboxylic acids is 1. The highest BCUT2D eigenvalue weighted by atomic mass is 35.5. The molecule has 1 aromatic carbocycles. The van der Waals surface area contributed by atoms with Crippen molar-refractivity contribution in [2.75, 3.05) is 33.2 Å². The van der Waals surface area contributed by atoms with E-state index in [1.165, 1.54) is 7.11 Å². The average Bonchev–Trinajstić information content (AvgIpc) is 3.03. The Morgan fingerprint density at radius 1 is 1.23 bits per heavy atom. The Hall–Kier alpha value is -2.77. The Morgan fingerprint density at radius 3 is 2.65 bits per heavy atom. The number of ether oxygens (including phenoxy) is 1. The second-order valence-electron chi connectivity index (χ2n) is 5.84. The lowest BCUT2D eigenvalue weighted by Gasteiger charge is -2.15. The summed E-state index contributed by atoms with van der Waals surface area (Å²) in [4.78, 5) is 26.3. The molecule has 0 saturated heterocycles. The second-order valence-corrected chi connectivity index (χ2v) is 6.24. The summed E-state index contributed by atoms with van der Waals surface area (Å²) < 4.78 is 5.45. The summed E-state index contributed by atoms with van der Waals surface area (Å²) in [5.41, 5.74) is 4.99. The summed E-state index contributed by atoms with van der Waals surface area (Å²) in [5.74, 6) is 0.876. The van der Waals surface area contributed by atoms with E-state index in [1.807, 2.05) is 37.2 Å². The molecule has 0 fully saturated rings. The van der Waals surface area contributed by atoms with Gasteiger partial charge in [-0.1, -0.05) is 11.6 Å². The van der Waals surface area contributed by atoms with Gasteiger partial charge in [-0.25, -0.2) is 5.48 Å². The molecule has 0 radical (unpaired) electrons. The molecule has 8 heteroatoms. The smallest absolute Gasteiger partial charge is 0.276 e. The number of aromatic nitrogens is 2. The predicted molar refractivity (Wildman–Crippen MR) is 102 cm³/mol. The van der Waals surface area contributed by atoms with Crippen LogP contribution in [0.1, 0.15) is 10.4 Å². The number of pyridine rings is 1. The van der Waals surface area contributed by atoms with Crippen molar-refractivity contribution >= 4 is 34.2 Å². The minimum atomic E-state index is -0.347. The summed E-state index contributed by atoms with van der Waals surface area (Å²) in [7, 11) is 6.76. The highest BCUT2D eigenvalue weighted by Crippen LogP contribution is 2.38. The van der Waals surface area contributed by atoms with Gasteiger partial charge in [0.25, 0.3) is 5.91 Å². The molecular formula is C18H19ClN4O3. The maximum absolute atomic E-state index is 12.2. The number of nitrogens with one attached hydrogen (secondary N) is 2. The normalized spacial score (nSPS) is 10.8. The number of halogens is 1. The number of rotatable bonds is 5. The number of carbonyl (C=O) groups is 1. The number of amides is 1. The van der Waals surface area contributed by atoms with Crippen LogP contribution in [0.5, 0.6) is 5.88 Å². The number of aromatic amines is 1. The molecule has 0 atom stereocenters. The van der Waals surface area contributed by atoms with Gasteiger partial charge in [0, 0.05) is 42.3 Å². The lowest BCUT2D eigenvalue weighted by Crippen LogP contribution is -2.21. The third-order valence-corrected chi connectivity index (χ3v) is 4.31. The number of anilines is 1. The molecular weight excluding hydrogens is 356 g/mol. The summed E-state index contributed by atoms with van der Waals surface area (Å²) in [5, 5.41) is 1.24. The van der Waals surface area contributed by atoms with Crippen LogP contribution in [-0.4, -0.2) is 44.2 Å². The lowest BCUT2D eigenvalue weighted by molar-refractivity contribution is 0.0539. The van der Waals surface area contributed by atoms with E-state index in [4.69, 9.17) is 21.2 Å². The van der Waals surface area contributed by atoms with E-state index >= 15 is 0 Å². The van der Waals surface area contributed by atoms with Crippen molar-refractivity contribution in [3.05, 3.63) is 41.0 Å². The van der Waals surface area contributed by atoms with Crippen LogP contribution in [0, 0.1) is 0 Å². The zero-order valence-corrected chi connectivity index (χ0v) is 15.6. The van der Waals surface area contributed by atoms with Crippen LogP contribution in [0.25, 0.3) is 22.0 Å². The highest BCUT2D eigenvalue weighted by molar-refractivity contribution is 6.34. The Bertz CT molecular complexity index is 968. The van der Waals surface area contributed by atoms with Crippen molar-refractivity contribution in [3.63, 3.8) is 0 Å². The summed E-state index contributed by atoms with van der Waals surface area (Å²) in [6.07, 6.45) is 1.61. The molecule has 0 aliphatic heterocycles. The number of benzene rings is 1. The van der Waals surface area contributed by atoms with Crippen molar-refractivity contribution in [2.45, 2.75) is 0 Å². The molecule has 2 N–H and O–H groups in total. The Kier molecular flexibility index (Phi) is 5.01. The fraction of sp³-hybridized carbons (Fsp3) is 0.222. The third-order valence-electron chi connectivity index (χ3n) is 4.00. The molecule has 0 saturated carbocycles. The van der Waals surface area contributed by atoms with E-state index in [-0.39, 0.29) is 5.91 Å². The molecule has 1 amide bonds. The van der Waals surface area contributed by atoms with E-state index in [9.17, 15) is 4.79 Å². The van der Waals surface area contributed by atoms with Gasteiger partial charge in [-0.15, -0.1) is 0 Å². The van der Waals surface area contributed by atoms with Gasteiger partial charge in [-0.05, 0) is 24.3 Å². The van der Waals surface area contributed by atoms with Crippen LogP contribution in [0.3, 0.4) is 0 Å². The molecule has 26 heavy (non-hydrogen) atoms. The van der Waals surface area contributed by atoms with Crippen molar-refractivity contribution in [1.82, 2.24) is 15.4 Å². The van der Waals surface area contributed by atoms with Gasteiger partial charge in [0.2, 0.25) is 5.88 Å². The molecule has 136 valence electrons. The van der Waals surface area contributed by atoms with E-state index in [1.54, 1.807) is 19.4 Å². The Morgan fingerprint density at radius 2 is 2.00 bits per heavy atom. The SMILES string of the molecule is CONC(=O)c1c[nH]c2cc(Cl)c(-c3ccc(N(C)C)nc3OC)cc12. The largest absolute Gasteiger partial charge is 0.480 e. The highest BCUT2D eigenvalue weighted by Gasteiger charge is 2.18. The van der Waals surface area contributed by atoms with E-state index in [0.29, 0.717) is 16.5 Å². The topological polar surface area (TPSA) is 79.5 Å². The minimum absolute atomic E-state index is 0.347. The second kappa shape index (κ2) is 7.23. The van der Waals surface area contributed by atoms with Gasteiger partial charge < -0.3 is 14.6 Å². The summed E-state index contributed by atoms with van der Waals surface area (Å²) in [6.45, 7) is 0. The van der Waals surface area contributed by atoms with Crippen molar-refractivity contribution in [1.29, 1.82) is 0 Å². The molecule has 0 bridgehead atoms. The molecule has 0 unspecified atom stereocenters. The zero-order chi connectivity index (χ0) is 18.8. The van der Waals surface area contributed by atoms with Crippen molar-refractivity contribution < 1.29 is 14.4 Å². The monoisotopic (exact) mass is 374 g/mol. The van der Waals surface area contributed by atoms with Gasteiger partial charge in [0.05, 0.1) is 24.8 Å². The number of nitrogens with zero attached hydrogens (tertiary/aromatic N) is 2. The number of fused-ring (bicyclic) bond motifs is 1. The maximum Gasteiger partial charge on any atom is 0.276 e. The average molecular weight is 375 g/mol. The number of hydroxylamine groups is 1. The van der Waals surface area contributed by atoms with E-state index in [0.717, 1.165) is 27.8 Å². The first-order valence-electron chi connectivity index (χ1n) is 7.83.